The molecule has 3 atom stereocenters. The van der Waals surface area contributed by atoms with E-state index in [2.05, 4.69) is 0 Å². The Balaban J connectivity index is 1.67. The quantitative estimate of drug-likeness (QED) is 0.425. The molecular weight excluding hydrogens is 403 g/mol. The molecule has 3 aromatic rings. The zero-order valence-electron chi connectivity index (χ0n) is 17.1. The first-order chi connectivity index (χ1) is 14.0. The van der Waals surface area contributed by atoms with Gasteiger partial charge in [-0.25, -0.2) is 14.4 Å². The summed E-state index contributed by atoms with van der Waals surface area (Å²) in [6.45, 7) is 4.74. The van der Waals surface area contributed by atoms with Gasteiger partial charge in [0.25, 0.3) is 0 Å². The summed E-state index contributed by atoms with van der Waals surface area (Å²) in [5, 5.41) is 24.8. The molecule has 1 aliphatic heterocycles. The van der Waals surface area contributed by atoms with Crippen LogP contribution in [0.2, 0.25) is 0 Å². The van der Waals surface area contributed by atoms with Crippen molar-refractivity contribution >= 4 is 22.5 Å². The predicted octanol–water partition coefficient (Wildman–Crippen LogP) is 5.50. The number of fused-ring (bicyclic) bond motifs is 1. The molecule has 2 unspecified atom stereocenters. The molecule has 1 fully saturated rings. The van der Waals surface area contributed by atoms with E-state index in [-0.39, 0.29) is 12.1 Å². The van der Waals surface area contributed by atoms with E-state index in [4.69, 9.17) is 10.5 Å². The van der Waals surface area contributed by atoms with Crippen molar-refractivity contribution in [2.24, 2.45) is 5.73 Å². The van der Waals surface area contributed by atoms with Crippen molar-refractivity contribution < 1.29 is 19.1 Å². The third-order valence-corrected chi connectivity index (χ3v) is 7.66. The number of nitrogens with two attached hydrogens (primary N) is 1. The normalized spacial score (nSPS) is 28.4. The maximum atomic E-state index is 14.8. The average molecular weight is 429 g/mol. The van der Waals surface area contributed by atoms with Crippen molar-refractivity contribution in [1.82, 2.24) is 0 Å². The van der Waals surface area contributed by atoms with Gasteiger partial charge in [0.05, 0.1) is 4.75 Å². The first kappa shape index (κ1) is 21.1. The molecule has 5 nitrogen and oxygen atoms in total. The Kier molecular flexibility index (Phi) is 5.07. The van der Waals surface area contributed by atoms with Crippen LogP contribution >= 0.6 is 11.8 Å². The fraction of sp³-hybridized carbons (Fsp3) is 0.304. The largest absolute Gasteiger partial charge is 0.598 e. The van der Waals surface area contributed by atoms with Crippen molar-refractivity contribution in [3.05, 3.63) is 77.3 Å². The van der Waals surface area contributed by atoms with E-state index in [0.717, 1.165) is 10.8 Å². The highest BCUT2D eigenvalue weighted by Crippen LogP contribution is 2.50. The topological polar surface area (TPSA) is 78.5 Å². The molecule has 0 spiro atoms. The van der Waals surface area contributed by atoms with Gasteiger partial charge in [0.2, 0.25) is 0 Å². The number of hydrogen-bond donors (Lipinski definition) is 2. The molecular formula is C23H25FN2O3S. The Bertz CT molecular complexity index is 1100. The van der Waals surface area contributed by atoms with Gasteiger partial charge in [-0.05, 0) is 61.9 Å². The summed E-state index contributed by atoms with van der Waals surface area (Å²) >= 11 is 1.29. The van der Waals surface area contributed by atoms with Crippen LogP contribution in [-0.4, -0.2) is 27.5 Å². The highest BCUT2D eigenvalue weighted by atomic mass is 32.2. The molecule has 7 heteroatoms. The Morgan fingerprint density at radius 3 is 2.40 bits per heavy atom. The van der Waals surface area contributed by atoms with Gasteiger partial charge in [0.1, 0.15) is 34.8 Å². The summed E-state index contributed by atoms with van der Waals surface area (Å²) in [5.41, 5.74) is 5.37. The third kappa shape index (κ3) is 3.57. The highest BCUT2D eigenvalue weighted by Gasteiger charge is 2.55. The number of hydrogen-bond acceptors (Lipinski definition) is 5. The molecule has 158 valence electrons. The van der Waals surface area contributed by atoms with E-state index < -0.39 is 26.3 Å². The fourth-order valence-electron chi connectivity index (χ4n) is 3.76. The van der Waals surface area contributed by atoms with Gasteiger partial charge in [0.15, 0.2) is 0 Å². The second-order valence-electron chi connectivity index (χ2n) is 8.54. The Labute approximate surface area is 179 Å². The van der Waals surface area contributed by atoms with Gasteiger partial charge in [0, 0.05) is 5.56 Å². The number of benzene rings is 3. The van der Waals surface area contributed by atoms with Crippen LogP contribution in [0.25, 0.3) is 10.8 Å². The van der Waals surface area contributed by atoms with E-state index in [9.17, 15) is 14.8 Å². The Hall–Kier alpha value is -2.16. The molecule has 0 bridgehead atoms. The molecule has 0 radical (unpaired) electrons. The number of quaternary nitrogens is 1. The SMILES string of the molecule is CC1(C)C(N)S[C@](C)(c2cc(Oc3ccc4ccccc4c3)ccc2F)C[N+]1([O-])O. The summed E-state index contributed by atoms with van der Waals surface area (Å²) in [6.07, 6.45) is 0. The van der Waals surface area contributed by atoms with Crippen molar-refractivity contribution in [2.45, 2.75) is 36.4 Å². The Morgan fingerprint density at radius 2 is 1.70 bits per heavy atom. The fourth-order valence-corrected chi connectivity index (χ4v) is 5.31. The number of halogens is 1. The maximum Gasteiger partial charge on any atom is 0.147 e. The van der Waals surface area contributed by atoms with Gasteiger partial charge < -0.3 is 15.7 Å². The second kappa shape index (κ2) is 7.21. The van der Waals surface area contributed by atoms with Crippen LogP contribution in [0.5, 0.6) is 11.5 Å². The van der Waals surface area contributed by atoms with Crippen LogP contribution in [0.3, 0.4) is 0 Å². The van der Waals surface area contributed by atoms with Crippen LogP contribution in [0.4, 0.5) is 4.39 Å². The van der Waals surface area contributed by atoms with Crippen molar-refractivity contribution in [3.8, 4) is 11.5 Å². The van der Waals surface area contributed by atoms with E-state index in [1.807, 2.05) is 42.5 Å². The van der Waals surface area contributed by atoms with Crippen LogP contribution in [0.1, 0.15) is 26.3 Å². The number of nitrogens with zero attached hydrogens (tertiary/aromatic N) is 1. The lowest BCUT2D eigenvalue weighted by molar-refractivity contribution is -1.10. The third-order valence-electron chi connectivity index (χ3n) is 5.96. The average Bonchev–Trinajstić information content (AvgIpc) is 2.67. The number of rotatable bonds is 3. The number of ether oxygens (including phenoxy) is 1. The molecule has 1 heterocycles. The molecule has 1 aliphatic rings. The van der Waals surface area contributed by atoms with Gasteiger partial charge in [-0.3, -0.25) is 0 Å². The predicted molar refractivity (Wildman–Crippen MR) is 118 cm³/mol. The van der Waals surface area contributed by atoms with Crippen LogP contribution < -0.4 is 10.5 Å². The lowest BCUT2D eigenvalue weighted by Crippen LogP contribution is -2.69. The summed E-state index contributed by atoms with van der Waals surface area (Å²) < 4.78 is 19.8. The molecule has 3 aromatic carbocycles. The zero-order valence-corrected chi connectivity index (χ0v) is 17.9. The molecule has 30 heavy (non-hydrogen) atoms. The molecule has 4 rings (SSSR count). The summed E-state index contributed by atoms with van der Waals surface area (Å²) in [4.78, 5) is -1.53. The standard InChI is InChI=1S/C23H25FN2O3S/c1-22(2)21(25)30-23(3,14-26(22,27)28)19-13-18(10-11-20(19)24)29-17-9-8-15-6-4-5-7-16(15)12-17/h4-13,21,27H,14,25H2,1-3H3/t21?,23-/m0/s1. The van der Waals surface area contributed by atoms with E-state index >= 15 is 0 Å². The molecule has 0 saturated carbocycles. The minimum absolute atomic E-state index is 0.227. The van der Waals surface area contributed by atoms with Gasteiger partial charge in [-0.15, -0.1) is 11.8 Å². The highest BCUT2D eigenvalue weighted by molar-refractivity contribution is 8.00. The molecule has 3 N–H and O–H groups in total. The van der Waals surface area contributed by atoms with Gasteiger partial charge in [-0.1, -0.05) is 30.3 Å². The number of thioether (sulfide) groups is 1. The summed E-state index contributed by atoms with van der Waals surface area (Å²) in [6, 6.07) is 18.1. The smallest absolute Gasteiger partial charge is 0.147 e. The summed E-state index contributed by atoms with van der Waals surface area (Å²) in [7, 11) is 0. The maximum absolute atomic E-state index is 14.8. The molecule has 0 amide bonds. The monoisotopic (exact) mass is 428 g/mol. The van der Waals surface area contributed by atoms with Crippen molar-refractivity contribution in [2.75, 3.05) is 6.54 Å². The van der Waals surface area contributed by atoms with Crippen molar-refractivity contribution in [1.29, 1.82) is 0 Å². The lowest BCUT2D eigenvalue weighted by atomic mass is 9.95. The van der Waals surface area contributed by atoms with Crippen LogP contribution in [0.15, 0.2) is 60.7 Å². The minimum atomic E-state index is -1.53. The first-order valence-electron chi connectivity index (χ1n) is 9.74. The van der Waals surface area contributed by atoms with Gasteiger partial charge >= 0.3 is 0 Å². The van der Waals surface area contributed by atoms with Crippen LogP contribution in [-0.2, 0) is 4.75 Å². The van der Waals surface area contributed by atoms with Gasteiger partial charge in [-0.2, -0.15) is 0 Å². The molecule has 0 aliphatic carbocycles. The van der Waals surface area contributed by atoms with E-state index in [1.165, 1.54) is 17.8 Å². The number of hydroxylamine groups is 4. The van der Waals surface area contributed by atoms with E-state index in [0.29, 0.717) is 11.5 Å². The minimum Gasteiger partial charge on any atom is -0.598 e. The molecule has 1 saturated heterocycles. The zero-order chi connectivity index (χ0) is 21.7. The molecule has 0 aromatic heterocycles. The first-order valence-corrected chi connectivity index (χ1v) is 10.6. The Morgan fingerprint density at radius 1 is 1.07 bits per heavy atom. The lowest BCUT2D eigenvalue weighted by Gasteiger charge is -2.57. The summed E-state index contributed by atoms with van der Waals surface area (Å²) in [5.74, 6) is 0.605. The second-order valence-corrected chi connectivity index (χ2v) is 10.2. The van der Waals surface area contributed by atoms with Crippen LogP contribution in [0, 0.1) is 11.0 Å². The van der Waals surface area contributed by atoms with E-state index in [1.54, 1.807) is 32.9 Å². The van der Waals surface area contributed by atoms with Crippen molar-refractivity contribution in [3.63, 3.8) is 0 Å².